The molecule has 48 heavy (non-hydrogen) atoms. The third kappa shape index (κ3) is 4.07. The monoisotopic (exact) mass is 610 g/mol. The highest BCUT2D eigenvalue weighted by atomic mass is 15.0. The Kier molecular flexibility index (Phi) is 6.22. The molecule has 222 valence electrons. The fourth-order valence-corrected chi connectivity index (χ4v) is 7.36. The molecule has 4 heteroatoms. The van der Waals surface area contributed by atoms with Gasteiger partial charge in [0.05, 0.1) is 45.3 Å². The number of hydrogen-bond donors (Lipinski definition) is 0. The van der Waals surface area contributed by atoms with Crippen molar-refractivity contribution in [3.63, 3.8) is 0 Å². The molecule has 0 bridgehead atoms. The third-order valence-corrected chi connectivity index (χ3v) is 9.39. The molecule has 0 aliphatic carbocycles. The zero-order valence-corrected chi connectivity index (χ0v) is 25.8. The summed E-state index contributed by atoms with van der Waals surface area (Å²) >= 11 is 0. The molecule has 0 saturated carbocycles. The van der Waals surface area contributed by atoms with Crippen LogP contribution in [-0.4, -0.2) is 9.13 Å². The van der Waals surface area contributed by atoms with Gasteiger partial charge in [0.25, 0.3) is 0 Å². The Morgan fingerprint density at radius 1 is 0.375 bits per heavy atom. The summed E-state index contributed by atoms with van der Waals surface area (Å²) in [6.07, 6.45) is 0. The molecule has 0 aliphatic rings. The van der Waals surface area contributed by atoms with Gasteiger partial charge in [-0.15, -0.1) is 0 Å². The lowest BCUT2D eigenvalue weighted by Crippen LogP contribution is -1.96. The first-order valence-corrected chi connectivity index (χ1v) is 15.9. The zero-order chi connectivity index (χ0) is 32.2. The third-order valence-electron chi connectivity index (χ3n) is 9.39. The second kappa shape index (κ2) is 10.9. The molecule has 2 aromatic heterocycles. The van der Waals surface area contributed by atoms with E-state index in [0.29, 0.717) is 11.1 Å². The fraction of sp³-hybridized carbons (Fsp3) is 0. The molecule has 0 unspecified atom stereocenters. The van der Waals surface area contributed by atoms with Crippen LogP contribution in [0.15, 0.2) is 158 Å². The molecule has 9 rings (SSSR count). The van der Waals surface area contributed by atoms with Crippen molar-refractivity contribution >= 4 is 43.6 Å². The second-order valence-electron chi connectivity index (χ2n) is 12.0. The summed E-state index contributed by atoms with van der Waals surface area (Å²) in [4.78, 5) is 0. The largest absolute Gasteiger partial charge is 0.309 e. The minimum absolute atomic E-state index is 0.639. The zero-order valence-electron chi connectivity index (χ0n) is 25.8. The molecule has 2 heterocycles. The molecule has 0 atom stereocenters. The first-order valence-electron chi connectivity index (χ1n) is 15.9. The van der Waals surface area contributed by atoms with Crippen LogP contribution in [0, 0.1) is 22.7 Å². The highest BCUT2D eigenvalue weighted by Gasteiger charge is 2.21. The highest BCUT2D eigenvalue weighted by molar-refractivity contribution is 6.19. The van der Waals surface area contributed by atoms with Crippen LogP contribution >= 0.6 is 0 Å². The maximum Gasteiger partial charge on any atom is 0.0991 e. The van der Waals surface area contributed by atoms with Crippen molar-refractivity contribution < 1.29 is 0 Å². The summed E-state index contributed by atoms with van der Waals surface area (Å²) in [5.41, 5.74) is 12.3. The number of para-hydroxylation sites is 3. The number of nitrogens with zero attached hydrogens (tertiary/aromatic N) is 4. The number of aromatic nitrogens is 2. The van der Waals surface area contributed by atoms with Crippen LogP contribution in [0.2, 0.25) is 0 Å². The van der Waals surface area contributed by atoms with Crippen LogP contribution in [0.1, 0.15) is 11.1 Å². The van der Waals surface area contributed by atoms with Gasteiger partial charge in [-0.2, -0.15) is 10.5 Å². The van der Waals surface area contributed by atoms with Crippen molar-refractivity contribution in [2.45, 2.75) is 0 Å². The molecule has 9 aromatic rings. The van der Waals surface area contributed by atoms with E-state index in [0.717, 1.165) is 66.5 Å². The van der Waals surface area contributed by atoms with Crippen LogP contribution in [0.5, 0.6) is 0 Å². The van der Waals surface area contributed by atoms with Gasteiger partial charge < -0.3 is 9.13 Å². The number of nitriles is 2. The molecule has 0 radical (unpaired) electrons. The molecule has 0 saturated heterocycles. The lowest BCUT2D eigenvalue weighted by atomic mass is 9.91. The molecule has 0 amide bonds. The Labute approximate surface area is 277 Å². The van der Waals surface area contributed by atoms with Crippen LogP contribution in [0.3, 0.4) is 0 Å². The summed E-state index contributed by atoms with van der Waals surface area (Å²) in [6, 6.07) is 59.0. The topological polar surface area (TPSA) is 57.4 Å². The number of benzene rings is 7. The summed E-state index contributed by atoms with van der Waals surface area (Å²) in [7, 11) is 0. The second-order valence-corrected chi connectivity index (χ2v) is 12.0. The lowest BCUT2D eigenvalue weighted by molar-refractivity contribution is 1.18. The van der Waals surface area contributed by atoms with Crippen LogP contribution in [0.4, 0.5) is 0 Å². The predicted octanol–water partition coefficient (Wildman–Crippen LogP) is 11.0. The van der Waals surface area contributed by atoms with E-state index in [2.05, 4.69) is 137 Å². The Morgan fingerprint density at radius 2 is 0.938 bits per heavy atom. The Bertz CT molecular complexity index is 2790. The molecular weight excluding hydrogens is 585 g/mol. The Morgan fingerprint density at radius 3 is 1.73 bits per heavy atom. The standard InChI is InChI=1S/C44H26N4/c45-27-29-20-23-32(24-21-29)47-40-18-7-6-14-38(40)43-35(15-9-19-42(43)47)33-12-4-5-13-34(33)36-16-8-17-37-39-26-30(28-46)22-25-41(39)48(44(36)37)31-10-2-1-3-11-31/h1-26H. The van der Waals surface area contributed by atoms with E-state index < -0.39 is 0 Å². The average molecular weight is 611 g/mol. The molecule has 0 N–H and O–H groups in total. The van der Waals surface area contributed by atoms with Gasteiger partial charge in [-0.1, -0.05) is 91.0 Å². The highest BCUT2D eigenvalue weighted by Crippen LogP contribution is 2.45. The van der Waals surface area contributed by atoms with Gasteiger partial charge in [0.1, 0.15) is 0 Å². The van der Waals surface area contributed by atoms with E-state index in [1.165, 1.54) is 10.8 Å². The lowest BCUT2D eigenvalue weighted by Gasteiger charge is -2.16. The van der Waals surface area contributed by atoms with Gasteiger partial charge in [-0.3, -0.25) is 0 Å². The fourth-order valence-electron chi connectivity index (χ4n) is 7.36. The van der Waals surface area contributed by atoms with Crippen molar-refractivity contribution in [2.24, 2.45) is 0 Å². The van der Waals surface area contributed by atoms with Crippen LogP contribution in [-0.2, 0) is 0 Å². The predicted molar refractivity (Wildman–Crippen MR) is 195 cm³/mol. The van der Waals surface area contributed by atoms with Crippen LogP contribution in [0.25, 0.3) is 77.2 Å². The van der Waals surface area contributed by atoms with Gasteiger partial charge in [0.2, 0.25) is 0 Å². The maximum absolute atomic E-state index is 9.78. The van der Waals surface area contributed by atoms with Gasteiger partial charge in [-0.05, 0) is 83.4 Å². The summed E-state index contributed by atoms with van der Waals surface area (Å²) < 4.78 is 4.62. The molecule has 0 fully saturated rings. The number of fused-ring (bicyclic) bond motifs is 6. The van der Waals surface area contributed by atoms with E-state index >= 15 is 0 Å². The van der Waals surface area contributed by atoms with E-state index in [-0.39, 0.29) is 0 Å². The van der Waals surface area contributed by atoms with Crippen molar-refractivity contribution in [3.8, 4) is 45.8 Å². The van der Waals surface area contributed by atoms with Crippen molar-refractivity contribution in [1.29, 1.82) is 10.5 Å². The molecular formula is C44H26N4. The number of hydrogen-bond acceptors (Lipinski definition) is 2. The first-order chi connectivity index (χ1) is 23.7. The average Bonchev–Trinajstić information content (AvgIpc) is 3.68. The van der Waals surface area contributed by atoms with Gasteiger partial charge in [-0.25, -0.2) is 0 Å². The smallest absolute Gasteiger partial charge is 0.0991 e. The minimum atomic E-state index is 0.639. The number of rotatable bonds is 4. The van der Waals surface area contributed by atoms with E-state index in [4.69, 9.17) is 0 Å². The molecule has 0 aliphatic heterocycles. The minimum Gasteiger partial charge on any atom is -0.309 e. The van der Waals surface area contributed by atoms with Crippen molar-refractivity contribution in [1.82, 2.24) is 9.13 Å². The molecule has 0 spiro atoms. The normalized spacial score (nSPS) is 11.3. The first kappa shape index (κ1) is 27.4. The van der Waals surface area contributed by atoms with Gasteiger partial charge >= 0.3 is 0 Å². The van der Waals surface area contributed by atoms with Gasteiger partial charge in [0, 0.05) is 38.5 Å². The van der Waals surface area contributed by atoms with Gasteiger partial charge in [0.15, 0.2) is 0 Å². The summed E-state index contributed by atoms with van der Waals surface area (Å²) in [5, 5.41) is 23.7. The van der Waals surface area contributed by atoms with E-state index in [1.807, 2.05) is 42.5 Å². The Hall–Kier alpha value is -6.88. The van der Waals surface area contributed by atoms with Crippen LogP contribution < -0.4 is 0 Å². The SMILES string of the molecule is N#Cc1ccc(-n2c3ccccc3c3c(-c4ccccc4-c4cccc5c6cc(C#N)ccc6n(-c6ccccc6)c45)cccc32)cc1. The maximum atomic E-state index is 9.78. The molecule has 7 aromatic carbocycles. The summed E-state index contributed by atoms with van der Waals surface area (Å²) in [5.74, 6) is 0. The van der Waals surface area contributed by atoms with E-state index in [9.17, 15) is 10.5 Å². The van der Waals surface area contributed by atoms with E-state index in [1.54, 1.807) is 0 Å². The quantitative estimate of drug-likeness (QED) is 0.199. The van der Waals surface area contributed by atoms with Crippen molar-refractivity contribution in [2.75, 3.05) is 0 Å². The van der Waals surface area contributed by atoms with Crippen molar-refractivity contribution in [3.05, 3.63) is 169 Å². The Balaban J connectivity index is 1.36. The molecule has 4 nitrogen and oxygen atoms in total. The summed E-state index contributed by atoms with van der Waals surface area (Å²) in [6.45, 7) is 0.